The number of nitrogens with one attached hydrogen (secondary N) is 2. The van der Waals surface area contributed by atoms with Crippen molar-refractivity contribution in [3.05, 3.63) is 99.2 Å². The maximum absolute atomic E-state index is 13.4. The lowest BCUT2D eigenvalue weighted by Crippen LogP contribution is -2.16. The average Bonchev–Trinajstić information content (AvgIpc) is 3.43. The summed E-state index contributed by atoms with van der Waals surface area (Å²) in [5.41, 5.74) is 10.8. The summed E-state index contributed by atoms with van der Waals surface area (Å²) in [5, 5.41) is 13.6. The molecule has 2 heterocycles. The maximum atomic E-state index is 13.4. The van der Waals surface area contributed by atoms with Gasteiger partial charge in [0, 0.05) is 32.7 Å². The molecule has 0 bridgehead atoms. The highest BCUT2D eigenvalue weighted by molar-refractivity contribution is 9.10. The number of hydrogen-bond donors (Lipinski definition) is 4. The molecule has 5 rings (SSSR count). The number of carbonyl (C=O) groups excluding carboxylic acids is 2. The number of nitrogens with zero attached hydrogens (tertiary/aromatic N) is 2. The van der Waals surface area contributed by atoms with Crippen molar-refractivity contribution in [3.8, 4) is 17.0 Å². The van der Waals surface area contributed by atoms with E-state index >= 15 is 0 Å². The number of carboxylic acid groups (broad SMARTS) is 1. The molecular formula is C36H37Br2N5O6. The van der Waals surface area contributed by atoms with Gasteiger partial charge in [0.1, 0.15) is 5.69 Å². The smallest absolute Gasteiger partial charge is 0.336 e. The Kier molecular flexibility index (Phi) is 12.3. The number of anilines is 2. The summed E-state index contributed by atoms with van der Waals surface area (Å²) in [4.78, 5) is 48.0. The number of pyridine rings is 1. The molecular weight excluding hydrogens is 758 g/mol. The Hall–Kier alpha value is -4.59. The number of aromatic nitrogens is 3. The summed E-state index contributed by atoms with van der Waals surface area (Å²) >= 11 is 6.66. The number of Topliss-reactive ketones (excluding diaryl/α,β-unsaturated/α-hetero) is 1. The number of ketones is 1. The van der Waals surface area contributed by atoms with Crippen molar-refractivity contribution in [3.63, 3.8) is 0 Å². The normalized spacial score (nSPS) is 11.1. The van der Waals surface area contributed by atoms with Gasteiger partial charge < -0.3 is 30.6 Å². The van der Waals surface area contributed by atoms with Crippen LogP contribution < -0.4 is 15.8 Å². The molecule has 0 aliphatic carbocycles. The second kappa shape index (κ2) is 16.2. The Labute approximate surface area is 300 Å². The van der Waals surface area contributed by atoms with Gasteiger partial charge in [-0.25, -0.2) is 14.8 Å². The SMILES string of the molecule is CC(=O)c1cc(CBr)ccc1Br.COc1ccc(-c2ccc(COCC(C)(C)C)cc2C(=O)O)c(C(=O)Nc2ccc3nc(N)[nH]c3c2)n1. The number of carbonyl (C=O) groups is 3. The van der Waals surface area contributed by atoms with E-state index in [-0.39, 0.29) is 40.9 Å². The van der Waals surface area contributed by atoms with Gasteiger partial charge in [-0.05, 0) is 71.5 Å². The second-order valence-corrected chi connectivity index (χ2v) is 13.7. The van der Waals surface area contributed by atoms with Crippen LogP contribution >= 0.6 is 31.9 Å². The first-order valence-electron chi connectivity index (χ1n) is 15.1. The number of halogens is 2. The number of rotatable bonds is 10. The molecule has 0 saturated heterocycles. The van der Waals surface area contributed by atoms with Gasteiger partial charge in [0.05, 0.1) is 36.9 Å². The molecule has 0 aliphatic rings. The first kappa shape index (κ1) is 37.2. The number of imidazole rings is 1. The van der Waals surface area contributed by atoms with Crippen molar-refractivity contribution in [1.82, 2.24) is 15.0 Å². The van der Waals surface area contributed by atoms with E-state index < -0.39 is 11.9 Å². The number of hydrogen-bond acceptors (Lipinski definition) is 8. The molecule has 0 unspecified atom stereocenters. The molecule has 0 atom stereocenters. The summed E-state index contributed by atoms with van der Waals surface area (Å²) in [5.74, 6) is -1.09. The lowest BCUT2D eigenvalue weighted by atomic mass is 9.96. The minimum atomic E-state index is -1.13. The number of aromatic carboxylic acids is 1. The minimum Gasteiger partial charge on any atom is -0.481 e. The third kappa shape index (κ3) is 9.97. The van der Waals surface area contributed by atoms with Crippen molar-refractivity contribution < 1.29 is 29.0 Å². The average molecular weight is 796 g/mol. The molecule has 13 heteroatoms. The third-order valence-electron chi connectivity index (χ3n) is 7.02. The van der Waals surface area contributed by atoms with E-state index in [9.17, 15) is 19.5 Å². The molecule has 0 spiro atoms. The molecule has 0 aliphatic heterocycles. The molecule has 5 aromatic rings. The van der Waals surface area contributed by atoms with Crippen LogP contribution in [-0.2, 0) is 16.7 Å². The standard InChI is InChI=1S/C27H29N5O5.C9H8Br2O/c1-27(2,3)14-37-13-15-5-7-17(19(11-15)25(34)35)18-8-10-22(36-4)32-23(18)24(33)29-16-6-9-20-21(12-16)31-26(28)30-20;1-6(12)8-4-7(5-10)2-3-9(8)11/h5-12H,13-14H2,1-4H3,(H,29,33)(H,34,35)(H3,28,30,31);2-4H,5H2,1H3. The van der Waals surface area contributed by atoms with Crippen LogP contribution in [0.1, 0.15) is 70.0 Å². The topological polar surface area (TPSA) is 170 Å². The van der Waals surface area contributed by atoms with E-state index in [2.05, 4.69) is 72.9 Å². The van der Waals surface area contributed by atoms with E-state index in [4.69, 9.17) is 15.2 Å². The lowest BCUT2D eigenvalue weighted by molar-refractivity contribution is 0.0596. The summed E-state index contributed by atoms with van der Waals surface area (Å²) in [6, 6.07) is 19.1. The Bertz CT molecular complexity index is 2000. The highest BCUT2D eigenvalue weighted by Gasteiger charge is 2.22. The lowest BCUT2D eigenvalue weighted by Gasteiger charge is -2.18. The molecule has 0 saturated carbocycles. The highest BCUT2D eigenvalue weighted by atomic mass is 79.9. The van der Waals surface area contributed by atoms with Crippen LogP contribution in [0.5, 0.6) is 5.88 Å². The molecule has 5 N–H and O–H groups in total. The van der Waals surface area contributed by atoms with Crippen LogP contribution in [0.15, 0.2) is 71.2 Å². The van der Waals surface area contributed by atoms with Gasteiger partial charge in [0.2, 0.25) is 5.88 Å². The Morgan fingerprint density at radius 2 is 1.63 bits per heavy atom. The van der Waals surface area contributed by atoms with Crippen molar-refractivity contribution in [2.45, 2.75) is 39.6 Å². The number of methoxy groups -OCH3 is 1. The fraction of sp³-hybridized carbons (Fsp3) is 0.250. The number of amides is 1. The van der Waals surface area contributed by atoms with E-state index in [0.717, 1.165) is 20.9 Å². The first-order valence-corrected chi connectivity index (χ1v) is 17.0. The molecule has 256 valence electrons. The second-order valence-electron chi connectivity index (χ2n) is 12.3. The Balaban J connectivity index is 0.000000380. The number of nitrogens with two attached hydrogens (primary N) is 1. The van der Waals surface area contributed by atoms with Crippen molar-refractivity contribution in [2.75, 3.05) is 24.8 Å². The Morgan fingerprint density at radius 1 is 0.939 bits per heavy atom. The number of carboxylic acids is 1. The van der Waals surface area contributed by atoms with E-state index in [1.54, 1.807) is 55.5 Å². The van der Waals surface area contributed by atoms with Gasteiger partial charge in [-0.3, -0.25) is 9.59 Å². The number of aromatic amines is 1. The van der Waals surface area contributed by atoms with Gasteiger partial charge in [-0.2, -0.15) is 0 Å². The zero-order valence-corrected chi connectivity index (χ0v) is 30.9. The summed E-state index contributed by atoms with van der Waals surface area (Å²) < 4.78 is 11.8. The van der Waals surface area contributed by atoms with Gasteiger partial charge in [-0.15, -0.1) is 0 Å². The van der Waals surface area contributed by atoms with Gasteiger partial charge in [0.15, 0.2) is 11.7 Å². The van der Waals surface area contributed by atoms with Crippen molar-refractivity contribution in [1.29, 1.82) is 0 Å². The zero-order chi connectivity index (χ0) is 35.9. The Morgan fingerprint density at radius 3 is 2.29 bits per heavy atom. The number of alkyl halides is 1. The fourth-order valence-corrected chi connectivity index (χ4v) is 5.61. The number of fused-ring (bicyclic) bond motifs is 1. The first-order chi connectivity index (χ1) is 23.2. The van der Waals surface area contributed by atoms with Crippen molar-refractivity contribution in [2.24, 2.45) is 5.41 Å². The predicted molar refractivity (Wildman–Crippen MR) is 198 cm³/mol. The molecule has 11 nitrogen and oxygen atoms in total. The predicted octanol–water partition coefficient (Wildman–Crippen LogP) is 8.28. The highest BCUT2D eigenvalue weighted by Crippen LogP contribution is 2.31. The molecule has 0 radical (unpaired) electrons. The van der Waals surface area contributed by atoms with Gasteiger partial charge >= 0.3 is 5.97 Å². The van der Waals surface area contributed by atoms with Crippen LogP contribution in [0.4, 0.5) is 11.6 Å². The van der Waals surface area contributed by atoms with E-state index in [0.29, 0.717) is 40.0 Å². The number of benzene rings is 3. The summed E-state index contributed by atoms with van der Waals surface area (Å²) in [6.07, 6.45) is 0. The summed E-state index contributed by atoms with van der Waals surface area (Å²) in [6.45, 7) is 8.55. The monoisotopic (exact) mass is 793 g/mol. The van der Waals surface area contributed by atoms with Crippen LogP contribution in [0.3, 0.4) is 0 Å². The van der Waals surface area contributed by atoms with E-state index in [1.165, 1.54) is 7.11 Å². The molecule has 2 aromatic heterocycles. The molecule has 3 aromatic carbocycles. The number of ether oxygens (including phenoxy) is 2. The van der Waals surface area contributed by atoms with Crippen LogP contribution in [0, 0.1) is 5.41 Å². The zero-order valence-electron chi connectivity index (χ0n) is 27.7. The molecule has 0 fully saturated rings. The fourth-order valence-electron chi connectivity index (χ4n) is 4.74. The van der Waals surface area contributed by atoms with Gasteiger partial charge in [0.25, 0.3) is 5.91 Å². The summed E-state index contributed by atoms with van der Waals surface area (Å²) in [7, 11) is 1.44. The third-order valence-corrected chi connectivity index (χ3v) is 8.36. The van der Waals surface area contributed by atoms with Crippen molar-refractivity contribution >= 4 is 72.2 Å². The van der Waals surface area contributed by atoms with E-state index in [1.807, 2.05) is 18.2 Å². The van der Waals surface area contributed by atoms with Crippen LogP contribution in [0.25, 0.3) is 22.2 Å². The minimum absolute atomic E-state index is 0.0128. The largest absolute Gasteiger partial charge is 0.481 e. The van der Waals surface area contributed by atoms with Crippen LogP contribution in [-0.4, -0.2) is 51.4 Å². The quantitative estimate of drug-likeness (QED) is 0.0803. The molecule has 49 heavy (non-hydrogen) atoms. The molecule has 1 amide bonds. The number of nitrogen functional groups attached to an aromatic ring is 1. The number of H-pyrrole nitrogens is 1. The van der Waals surface area contributed by atoms with Crippen LogP contribution in [0.2, 0.25) is 0 Å². The van der Waals surface area contributed by atoms with Gasteiger partial charge in [-0.1, -0.05) is 70.8 Å². The maximum Gasteiger partial charge on any atom is 0.336 e.